The van der Waals surface area contributed by atoms with Gasteiger partial charge in [0.1, 0.15) is 5.69 Å². The van der Waals surface area contributed by atoms with Crippen molar-refractivity contribution >= 4 is 28.4 Å². The van der Waals surface area contributed by atoms with Gasteiger partial charge >= 0.3 is 0 Å². The van der Waals surface area contributed by atoms with Gasteiger partial charge in [0, 0.05) is 23.7 Å². The fourth-order valence-corrected chi connectivity index (χ4v) is 2.42. The zero-order valence-electron chi connectivity index (χ0n) is 9.92. The summed E-state index contributed by atoms with van der Waals surface area (Å²) in [5, 5.41) is 4.35. The van der Waals surface area contributed by atoms with Gasteiger partial charge in [0.15, 0.2) is 5.82 Å². The van der Waals surface area contributed by atoms with Crippen molar-refractivity contribution in [2.45, 2.75) is 6.92 Å². The quantitative estimate of drug-likeness (QED) is 0.782. The fraction of sp³-hybridized carbons (Fsp3) is 0.154. The summed E-state index contributed by atoms with van der Waals surface area (Å²) in [5.41, 5.74) is 2.92. The third kappa shape index (κ3) is 1.93. The van der Waals surface area contributed by atoms with Crippen LogP contribution in [0, 0.1) is 0 Å². The highest BCUT2D eigenvalue weighted by atomic mass is 32.1. The van der Waals surface area contributed by atoms with E-state index in [1.807, 2.05) is 19.1 Å². The molecule has 1 N–H and O–H groups in total. The second-order valence-corrected chi connectivity index (χ2v) is 4.43. The van der Waals surface area contributed by atoms with Crippen molar-refractivity contribution in [2.75, 3.05) is 11.9 Å². The lowest BCUT2D eigenvalue weighted by atomic mass is 10.1. The number of fused-ring (bicyclic) bond motifs is 1. The topological polar surface area (TPSA) is 50.7 Å². The van der Waals surface area contributed by atoms with Crippen molar-refractivity contribution in [1.29, 1.82) is 0 Å². The Morgan fingerprint density at radius 2 is 2.17 bits per heavy atom. The van der Waals surface area contributed by atoms with Crippen LogP contribution in [0.15, 0.2) is 36.5 Å². The normalized spacial score (nSPS) is 10.7. The number of nitrogens with zero attached hydrogens (tertiary/aromatic N) is 3. The molecule has 4 nitrogen and oxygen atoms in total. The molecule has 0 saturated heterocycles. The number of pyridine rings is 1. The Morgan fingerprint density at radius 1 is 1.22 bits per heavy atom. The fourth-order valence-electron chi connectivity index (χ4n) is 1.88. The summed E-state index contributed by atoms with van der Waals surface area (Å²) in [6.07, 6.45) is 1.80. The van der Waals surface area contributed by atoms with Gasteiger partial charge in [-0.15, -0.1) is 0 Å². The number of anilines is 1. The summed E-state index contributed by atoms with van der Waals surface area (Å²) in [6.45, 7) is 2.88. The van der Waals surface area contributed by atoms with Crippen molar-refractivity contribution in [2.24, 2.45) is 0 Å². The molecule has 0 amide bonds. The zero-order chi connectivity index (χ0) is 12.4. The second kappa shape index (κ2) is 4.70. The van der Waals surface area contributed by atoms with Crippen LogP contribution in [0.1, 0.15) is 6.92 Å². The maximum atomic E-state index is 4.36. The van der Waals surface area contributed by atoms with Crippen LogP contribution in [0.5, 0.6) is 0 Å². The molecule has 0 bridgehead atoms. The molecule has 0 aliphatic rings. The molecular formula is C13H12N4S. The average Bonchev–Trinajstić information content (AvgIpc) is 2.87. The van der Waals surface area contributed by atoms with Crippen LogP contribution in [-0.4, -0.2) is 20.3 Å². The molecule has 90 valence electrons. The minimum Gasteiger partial charge on any atom is -0.368 e. The minimum atomic E-state index is 0.838. The van der Waals surface area contributed by atoms with Gasteiger partial charge in [-0.2, -0.15) is 8.75 Å². The van der Waals surface area contributed by atoms with E-state index >= 15 is 0 Å². The molecule has 0 fully saturated rings. The predicted octanol–water partition coefficient (Wildman–Crippen LogP) is 3.19. The maximum Gasteiger partial charge on any atom is 0.168 e. The Balaban J connectivity index is 2.10. The van der Waals surface area contributed by atoms with E-state index in [0.29, 0.717) is 0 Å². The molecule has 0 radical (unpaired) electrons. The van der Waals surface area contributed by atoms with Crippen molar-refractivity contribution in [1.82, 2.24) is 13.7 Å². The molecule has 18 heavy (non-hydrogen) atoms. The van der Waals surface area contributed by atoms with Crippen molar-refractivity contribution < 1.29 is 0 Å². The number of hydrogen-bond donors (Lipinski definition) is 1. The molecule has 3 aromatic rings. The van der Waals surface area contributed by atoms with Gasteiger partial charge in [-0.05, 0) is 19.1 Å². The van der Waals surface area contributed by atoms with E-state index in [1.165, 1.54) is 11.7 Å². The summed E-state index contributed by atoms with van der Waals surface area (Å²) >= 11 is 1.22. The summed E-state index contributed by atoms with van der Waals surface area (Å²) < 4.78 is 8.61. The van der Waals surface area contributed by atoms with Gasteiger partial charge in [-0.1, -0.05) is 18.2 Å². The highest BCUT2D eigenvalue weighted by Gasteiger charge is 2.10. The van der Waals surface area contributed by atoms with E-state index in [2.05, 4.69) is 37.2 Å². The zero-order valence-corrected chi connectivity index (χ0v) is 10.7. The second-order valence-electron chi connectivity index (χ2n) is 3.90. The van der Waals surface area contributed by atoms with Crippen LogP contribution >= 0.6 is 11.7 Å². The van der Waals surface area contributed by atoms with Gasteiger partial charge in [-0.3, -0.25) is 4.98 Å². The number of hydrogen-bond acceptors (Lipinski definition) is 5. The third-order valence-corrected chi connectivity index (χ3v) is 3.24. The molecule has 0 aliphatic heterocycles. The van der Waals surface area contributed by atoms with E-state index in [0.717, 1.165) is 34.5 Å². The van der Waals surface area contributed by atoms with Gasteiger partial charge in [-0.25, -0.2) is 0 Å². The minimum absolute atomic E-state index is 0.838. The molecule has 1 aromatic carbocycles. The van der Waals surface area contributed by atoms with E-state index < -0.39 is 0 Å². The summed E-state index contributed by atoms with van der Waals surface area (Å²) in [5.74, 6) is 0.845. The number of benzene rings is 1. The first kappa shape index (κ1) is 11.1. The first-order valence-corrected chi connectivity index (χ1v) is 6.53. The van der Waals surface area contributed by atoms with Crippen LogP contribution < -0.4 is 5.32 Å². The molecular weight excluding hydrogens is 244 g/mol. The van der Waals surface area contributed by atoms with E-state index in [-0.39, 0.29) is 0 Å². The number of nitrogens with one attached hydrogen (secondary N) is 1. The van der Waals surface area contributed by atoms with E-state index in [1.54, 1.807) is 6.20 Å². The van der Waals surface area contributed by atoms with Crippen molar-refractivity contribution in [3.8, 4) is 11.3 Å². The third-order valence-electron chi connectivity index (χ3n) is 2.71. The summed E-state index contributed by atoms with van der Waals surface area (Å²) in [4.78, 5) is 4.36. The van der Waals surface area contributed by atoms with Gasteiger partial charge in [0.05, 0.1) is 17.2 Å². The lowest BCUT2D eigenvalue weighted by Gasteiger charge is -2.03. The highest BCUT2D eigenvalue weighted by molar-refractivity contribution is 6.99. The number of rotatable bonds is 3. The van der Waals surface area contributed by atoms with Gasteiger partial charge in [0.25, 0.3) is 0 Å². The lowest BCUT2D eigenvalue weighted by molar-refractivity contribution is 1.19. The lowest BCUT2D eigenvalue weighted by Crippen LogP contribution is -1.98. The predicted molar refractivity (Wildman–Crippen MR) is 74.8 cm³/mol. The maximum absolute atomic E-state index is 4.36. The average molecular weight is 256 g/mol. The van der Waals surface area contributed by atoms with Crippen LogP contribution in [0.25, 0.3) is 22.2 Å². The molecule has 2 aromatic heterocycles. The molecule has 0 spiro atoms. The Bertz CT molecular complexity index is 677. The molecule has 0 atom stereocenters. The van der Waals surface area contributed by atoms with E-state index in [9.17, 15) is 0 Å². The Morgan fingerprint density at radius 3 is 3.06 bits per heavy atom. The van der Waals surface area contributed by atoms with Crippen LogP contribution in [0.3, 0.4) is 0 Å². The summed E-state index contributed by atoms with van der Waals surface area (Å²) in [7, 11) is 0. The molecule has 3 rings (SSSR count). The van der Waals surface area contributed by atoms with Gasteiger partial charge in [0.2, 0.25) is 0 Å². The highest BCUT2D eigenvalue weighted by Crippen LogP contribution is 2.27. The Kier molecular flexibility index (Phi) is 2.90. The van der Waals surface area contributed by atoms with Gasteiger partial charge < -0.3 is 5.32 Å². The van der Waals surface area contributed by atoms with Crippen LogP contribution in [-0.2, 0) is 0 Å². The van der Waals surface area contributed by atoms with Crippen molar-refractivity contribution in [3.63, 3.8) is 0 Å². The summed E-state index contributed by atoms with van der Waals surface area (Å²) in [6, 6.07) is 10.2. The Labute approximate surface area is 109 Å². The molecule has 0 aliphatic carbocycles. The van der Waals surface area contributed by atoms with E-state index in [4.69, 9.17) is 0 Å². The molecule has 2 heterocycles. The molecule has 5 heteroatoms. The molecule has 0 saturated carbocycles. The SMILES string of the molecule is CCNc1nsnc1-c1ccc2cccnc2c1. The van der Waals surface area contributed by atoms with Crippen LogP contribution in [0.2, 0.25) is 0 Å². The first-order chi connectivity index (χ1) is 8.88. The smallest absolute Gasteiger partial charge is 0.168 e. The van der Waals surface area contributed by atoms with Crippen LogP contribution in [0.4, 0.5) is 5.82 Å². The largest absolute Gasteiger partial charge is 0.368 e. The number of aromatic nitrogens is 3. The standard InChI is InChI=1S/C13H12N4S/c1-2-14-13-12(16-18-17-13)10-6-5-9-4-3-7-15-11(9)8-10/h3-8H,2H2,1H3,(H,14,17). The first-order valence-electron chi connectivity index (χ1n) is 5.80. The monoisotopic (exact) mass is 256 g/mol. The Hall–Kier alpha value is -2.01. The molecule has 0 unspecified atom stereocenters. The van der Waals surface area contributed by atoms with Crippen molar-refractivity contribution in [3.05, 3.63) is 36.5 Å².